The summed E-state index contributed by atoms with van der Waals surface area (Å²) in [5.74, 6) is 1.70. The van der Waals surface area contributed by atoms with Crippen LogP contribution in [-0.2, 0) is 4.74 Å². The van der Waals surface area contributed by atoms with E-state index in [0.29, 0.717) is 11.8 Å². The molecular weight excluding hydrogens is 348 g/mol. The highest BCUT2D eigenvalue weighted by molar-refractivity contribution is 5.99. The molecule has 0 N–H and O–H groups in total. The van der Waals surface area contributed by atoms with Gasteiger partial charge in [-0.1, -0.05) is 0 Å². The van der Waals surface area contributed by atoms with Crippen molar-refractivity contribution in [3.05, 3.63) is 39.4 Å². The van der Waals surface area contributed by atoms with Crippen molar-refractivity contribution in [2.24, 2.45) is 23.7 Å². The number of rotatable bonds is 4. The van der Waals surface area contributed by atoms with Gasteiger partial charge in [-0.15, -0.1) is 0 Å². The average Bonchev–Trinajstić information content (AvgIpc) is 2.65. The van der Waals surface area contributed by atoms with Crippen LogP contribution in [-0.4, -0.2) is 41.9 Å². The van der Waals surface area contributed by atoms with Crippen LogP contribution in [0.3, 0.4) is 0 Å². The molecule has 4 bridgehead atoms. The normalized spacial score (nSPS) is 30.8. The third-order valence-electron chi connectivity index (χ3n) is 6.74. The lowest BCUT2D eigenvalue weighted by molar-refractivity contribution is -0.384. The zero-order valence-corrected chi connectivity index (χ0v) is 15.6. The van der Waals surface area contributed by atoms with E-state index in [1.54, 1.807) is 11.9 Å². The average molecular weight is 372 g/mol. The van der Waals surface area contributed by atoms with Crippen molar-refractivity contribution in [1.29, 1.82) is 0 Å². The quantitative estimate of drug-likeness (QED) is 0.460. The van der Waals surface area contributed by atoms with E-state index < -0.39 is 10.9 Å². The molecule has 144 valence electrons. The molecule has 4 saturated carbocycles. The van der Waals surface area contributed by atoms with Crippen molar-refractivity contribution in [1.82, 2.24) is 4.90 Å². The molecular formula is C20H24N2O5. The number of ether oxygens (including phenoxy) is 1. The summed E-state index contributed by atoms with van der Waals surface area (Å²) in [5.41, 5.74) is -0.0887. The Morgan fingerprint density at radius 2 is 1.59 bits per heavy atom. The first kappa shape index (κ1) is 17.9. The minimum absolute atomic E-state index is 0.0218. The van der Waals surface area contributed by atoms with Crippen LogP contribution in [0.5, 0.6) is 0 Å². The first-order chi connectivity index (χ1) is 12.9. The van der Waals surface area contributed by atoms with Crippen LogP contribution in [0.1, 0.15) is 52.8 Å². The highest BCUT2D eigenvalue weighted by Crippen LogP contribution is 2.55. The first-order valence-electron chi connectivity index (χ1n) is 9.52. The van der Waals surface area contributed by atoms with E-state index in [1.807, 2.05) is 0 Å². The predicted molar refractivity (Wildman–Crippen MR) is 97.4 cm³/mol. The van der Waals surface area contributed by atoms with Gasteiger partial charge in [0.25, 0.3) is 11.6 Å². The van der Waals surface area contributed by atoms with Crippen LogP contribution in [0.2, 0.25) is 0 Å². The fraction of sp³-hybridized carbons (Fsp3) is 0.600. The van der Waals surface area contributed by atoms with E-state index in [0.717, 1.165) is 17.9 Å². The molecule has 0 heterocycles. The molecule has 0 radical (unpaired) electrons. The zero-order chi connectivity index (χ0) is 19.3. The molecule has 1 aromatic rings. The zero-order valence-electron chi connectivity index (χ0n) is 15.6. The van der Waals surface area contributed by atoms with E-state index in [4.69, 9.17) is 0 Å². The molecule has 0 spiro atoms. The predicted octanol–water partition coefficient (Wildman–Crippen LogP) is 3.28. The minimum Gasteiger partial charge on any atom is -0.465 e. The fourth-order valence-corrected chi connectivity index (χ4v) is 5.94. The number of non-ortho nitro benzene ring substituents is 1. The van der Waals surface area contributed by atoms with Crippen molar-refractivity contribution in [2.75, 3.05) is 14.2 Å². The Morgan fingerprint density at radius 1 is 1.04 bits per heavy atom. The summed E-state index contributed by atoms with van der Waals surface area (Å²) in [5, 5.41) is 11.2. The molecule has 0 saturated heterocycles. The molecule has 4 aliphatic rings. The number of nitro groups is 1. The summed E-state index contributed by atoms with van der Waals surface area (Å²) in [6.07, 6.45) is 6.05. The highest BCUT2D eigenvalue weighted by atomic mass is 16.6. The molecule has 1 amide bonds. The second-order valence-electron chi connectivity index (χ2n) is 8.35. The maximum atomic E-state index is 13.2. The van der Waals surface area contributed by atoms with Gasteiger partial charge >= 0.3 is 5.97 Å². The summed E-state index contributed by atoms with van der Waals surface area (Å²) in [7, 11) is 3.01. The van der Waals surface area contributed by atoms with Crippen LogP contribution >= 0.6 is 0 Å². The molecule has 1 aromatic carbocycles. The number of methoxy groups -OCH3 is 1. The molecule has 0 atom stereocenters. The van der Waals surface area contributed by atoms with Crippen molar-refractivity contribution >= 4 is 17.6 Å². The lowest BCUT2D eigenvalue weighted by Crippen LogP contribution is -2.56. The van der Waals surface area contributed by atoms with E-state index in [-0.39, 0.29) is 28.8 Å². The number of nitro benzene ring substituents is 1. The molecule has 5 rings (SSSR count). The standard InChI is InChI=1S/C20H24N2O5/c1-21(18-13-4-11-3-12(6-13)7-14(18)5-11)19(23)15-8-16(20(24)27-2)10-17(9-15)22(25)26/h8-14,18H,3-7H2,1-2H3. The summed E-state index contributed by atoms with van der Waals surface area (Å²) in [6.45, 7) is 0. The topological polar surface area (TPSA) is 89.8 Å². The minimum atomic E-state index is -0.690. The van der Waals surface area contributed by atoms with Gasteiger partial charge in [0.1, 0.15) is 0 Å². The molecule has 7 nitrogen and oxygen atoms in total. The Labute approximate surface area is 157 Å². The second-order valence-corrected chi connectivity index (χ2v) is 8.35. The summed E-state index contributed by atoms with van der Waals surface area (Å²) in [4.78, 5) is 37.4. The van der Waals surface area contributed by atoms with Crippen LogP contribution in [0.25, 0.3) is 0 Å². The Kier molecular flexibility index (Phi) is 4.40. The number of hydrogen-bond donors (Lipinski definition) is 0. The summed E-state index contributed by atoms with van der Waals surface area (Å²) in [6, 6.07) is 3.98. The van der Waals surface area contributed by atoms with Gasteiger partial charge in [-0.3, -0.25) is 14.9 Å². The number of benzene rings is 1. The second kappa shape index (κ2) is 6.62. The Balaban J connectivity index is 1.63. The third-order valence-corrected chi connectivity index (χ3v) is 6.74. The molecule has 4 aliphatic carbocycles. The van der Waals surface area contributed by atoms with Crippen molar-refractivity contribution < 1.29 is 19.2 Å². The van der Waals surface area contributed by atoms with Gasteiger partial charge < -0.3 is 9.64 Å². The fourth-order valence-electron chi connectivity index (χ4n) is 5.94. The van der Waals surface area contributed by atoms with Crippen LogP contribution in [0.4, 0.5) is 5.69 Å². The van der Waals surface area contributed by atoms with E-state index in [9.17, 15) is 19.7 Å². The van der Waals surface area contributed by atoms with Crippen molar-refractivity contribution in [3.63, 3.8) is 0 Å². The van der Waals surface area contributed by atoms with Gasteiger partial charge in [-0.25, -0.2) is 4.79 Å². The van der Waals surface area contributed by atoms with E-state index in [2.05, 4.69) is 4.74 Å². The molecule has 0 aromatic heterocycles. The number of carbonyl (C=O) groups is 2. The lowest BCUT2D eigenvalue weighted by Gasteiger charge is -2.56. The lowest BCUT2D eigenvalue weighted by atomic mass is 9.54. The van der Waals surface area contributed by atoms with Gasteiger partial charge in [0.05, 0.1) is 17.6 Å². The number of amides is 1. The molecule has 0 unspecified atom stereocenters. The maximum Gasteiger partial charge on any atom is 0.338 e. The third kappa shape index (κ3) is 3.09. The first-order valence-corrected chi connectivity index (χ1v) is 9.52. The van der Waals surface area contributed by atoms with Crippen LogP contribution in [0, 0.1) is 33.8 Å². The largest absolute Gasteiger partial charge is 0.465 e. The Hall–Kier alpha value is -2.44. The van der Waals surface area contributed by atoms with E-state index >= 15 is 0 Å². The van der Waals surface area contributed by atoms with Gasteiger partial charge in [-0.2, -0.15) is 0 Å². The highest BCUT2D eigenvalue weighted by Gasteiger charge is 2.50. The maximum absolute atomic E-state index is 13.2. The monoisotopic (exact) mass is 372 g/mol. The van der Waals surface area contributed by atoms with Crippen LogP contribution in [0.15, 0.2) is 18.2 Å². The molecule has 27 heavy (non-hydrogen) atoms. The SMILES string of the molecule is COC(=O)c1cc(C(=O)N(C)C2C3CC4CC(C3)CC2C4)cc([N+](=O)[O-])c1. The number of hydrogen-bond acceptors (Lipinski definition) is 5. The Morgan fingerprint density at radius 3 is 2.11 bits per heavy atom. The van der Waals surface area contributed by atoms with Crippen molar-refractivity contribution in [3.8, 4) is 0 Å². The number of nitrogens with zero attached hydrogens (tertiary/aromatic N) is 2. The summed E-state index contributed by atoms with van der Waals surface area (Å²) < 4.78 is 4.67. The van der Waals surface area contributed by atoms with Gasteiger partial charge in [0.15, 0.2) is 0 Å². The molecule has 4 fully saturated rings. The van der Waals surface area contributed by atoms with Gasteiger partial charge in [-0.05, 0) is 61.8 Å². The molecule has 7 heteroatoms. The molecule has 0 aliphatic heterocycles. The number of carbonyl (C=O) groups excluding carboxylic acids is 2. The van der Waals surface area contributed by atoms with Gasteiger partial charge in [0, 0.05) is 30.8 Å². The smallest absolute Gasteiger partial charge is 0.338 e. The van der Waals surface area contributed by atoms with E-state index in [1.165, 1.54) is 51.3 Å². The Bertz CT molecular complexity index is 778. The van der Waals surface area contributed by atoms with Gasteiger partial charge in [0.2, 0.25) is 0 Å². The van der Waals surface area contributed by atoms with Crippen molar-refractivity contribution in [2.45, 2.75) is 38.1 Å². The van der Waals surface area contributed by atoms with Crippen LogP contribution < -0.4 is 0 Å². The summed E-state index contributed by atoms with van der Waals surface area (Å²) >= 11 is 0. The number of esters is 1.